The molecule has 0 bridgehead atoms. The number of fused-ring (bicyclic) bond motifs is 2. The van der Waals surface area contributed by atoms with Crippen LogP contribution in [0.1, 0.15) is 64.2 Å². The zero-order chi connectivity index (χ0) is 34.3. The quantitative estimate of drug-likeness (QED) is 0.239. The Morgan fingerprint density at radius 3 is 2.65 bits per heavy atom. The van der Waals surface area contributed by atoms with Gasteiger partial charge in [0.25, 0.3) is 5.91 Å². The SMILES string of the molecule is CC(C)Cc1nc2c(cnn2[C@H]2CCN(C(=O)OC(C)(C)C)C[C@H]2F)c(-c2ccc3c(c2)OCC(=O)N3Cc2ncc(Cl)cn2)c1C#N. The summed E-state index contributed by atoms with van der Waals surface area (Å²) in [5.74, 6) is 0.794. The Bertz CT molecular complexity index is 1920. The molecule has 4 aromatic rings. The number of carbonyl (C=O) groups is 2. The van der Waals surface area contributed by atoms with E-state index in [1.165, 1.54) is 17.3 Å². The van der Waals surface area contributed by atoms with Gasteiger partial charge in [0.2, 0.25) is 0 Å². The summed E-state index contributed by atoms with van der Waals surface area (Å²) in [7, 11) is 0. The maximum absolute atomic E-state index is 15.8. The third-order valence-electron chi connectivity index (χ3n) is 8.17. The van der Waals surface area contributed by atoms with E-state index in [9.17, 15) is 14.9 Å². The van der Waals surface area contributed by atoms with Crippen LogP contribution in [0.3, 0.4) is 0 Å². The van der Waals surface area contributed by atoms with E-state index in [0.29, 0.717) is 75.1 Å². The van der Waals surface area contributed by atoms with Crippen molar-refractivity contribution in [1.82, 2.24) is 29.6 Å². The number of nitriles is 1. The summed E-state index contributed by atoms with van der Waals surface area (Å²) in [5, 5.41) is 16.0. The third kappa shape index (κ3) is 6.62. The van der Waals surface area contributed by atoms with Crippen LogP contribution < -0.4 is 9.64 Å². The number of halogens is 2. The Labute approximate surface area is 282 Å². The summed E-state index contributed by atoms with van der Waals surface area (Å²) in [4.78, 5) is 41.8. The molecule has 1 aromatic carbocycles. The number of carbonyl (C=O) groups excluding carboxylic acids is 2. The highest BCUT2D eigenvalue weighted by Crippen LogP contribution is 2.41. The number of pyridine rings is 1. The van der Waals surface area contributed by atoms with Crippen molar-refractivity contribution in [2.24, 2.45) is 5.92 Å². The predicted molar refractivity (Wildman–Crippen MR) is 176 cm³/mol. The molecule has 12 nitrogen and oxygen atoms in total. The average Bonchev–Trinajstić information content (AvgIpc) is 3.44. The van der Waals surface area contributed by atoms with Crippen LogP contribution in [0.4, 0.5) is 14.9 Å². The van der Waals surface area contributed by atoms with Gasteiger partial charge in [-0.25, -0.2) is 28.8 Å². The van der Waals surface area contributed by atoms with Crippen molar-refractivity contribution in [3.05, 3.63) is 58.9 Å². The van der Waals surface area contributed by atoms with Crippen LogP contribution in [0.25, 0.3) is 22.2 Å². The maximum atomic E-state index is 15.8. The summed E-state index contributed by atoms with van der Waals surface area (Å²) >= 11 is 5.94. The lowest BCUT2D eigenvalue weighted by Gasteiger charge is -2.35. The van der Waals surface area contributed by atoms with Gasteiger partial charge in [0.05, 0.1) is 47.3 Å². The molecule has 3 aromatic heterocycles. The smallest absolute Gasteiger partial charge is 0.410 e. The molecule has 48 heavy (non-hydrogen) atoms. The van der Waals surface area contributed by atoms with Gasteiger partial charge in [-0.15, -0.1) is 0 Å². The van der Waals surface area contributed by atoms with E-state index in [0.717, 1.165) is 0 Å². The monoisotopic (exact) mass is 674 g/mol. The number of rotatable bonds is 6. The van der Waals surface area contributed by atoms with E-state index in [-0.39, 0.29) is 31.5 Å². The van der Waals surface area contributed by atoms with Crippen LogP contribution in [0.15, 0.2) is 36.8 Å². The van der Waals surface area contributed by atoms with Gasteiger partial charge in [-0.2, -0.15) is 10.4 Å². The lowest BCUT2D eigenvalue weighted by molar-refractivity contribution is -0.121. The number of aromatic nitrogens is 5. The van der Waals surface area contributed by atoms with Gasteiger partial charge in [0.1, 0.15) is 29.4 Å². The van der Waals surface area contributed by atoms with Crippen molar-refractivity contribution < 1.29 is 23.5 Å². The molecule has 250 valence electrons. The number of piperidine rings is 1. The number of ether oxygens (including phenoxy) is 2. The number of benzene rings is 1. The van der Waals surface area contributed by atoms with Crippen molar-refractivity contribution in [1.29, 1.82) is 5.26 Å². The average molecular weight is 675 g/mol. The standard InChI is InChI=1S/C34H36ClFN8O4/c1-19(2)10-25-22(12-37)31(20-6-7-27-28(11-20)47-18-30(45)43(27)17-29-38-13-21(35)14-39-29)23-15-40-44(32(23)41-25)26-8-9-42(16-24(26)36)33(46)48-34(3,4)5/h6-7,11,13-15,19,24,26H,8-10,16-18H2,1-5H3/t24-,26+/m1/s1. The van der Waals surface area contributed by atoms with Gasteiger partial charge in [0, 0.05) is 29.9 Å². The molecule has 0 radical (unpaired) electrons. The first-order valence-electron chi connectivity index (χ1n) is 15.8. The highest BCUT2D eigenvalue weighted by molar-refractivity contribution is 6.30. The normalized spacial score (nSPS) is 18.1. The first-order chi connectivity index (χ1) is 22.8. The van der Waals surface area contributed by atoms with Crippen LogP contribution in [0.5, 0.6) is 5.75 Å². The fourth-order valence-electron chi connectivity index (χ4n) is 6.06. The van der Waals surface area contributed by atoms with Crippen molar-refractivity contribution >= 4 is 40.3 Å². The number of likely N-dealkylation sites (tertiary alicyclic amines) is 1. The van der Waals surface area contributed by atoms with Crippen molar-refractivity contribution in [3.8, 4) is 22.9 Å². The number of anilines is 1. The molecule has 0 saturated carbocycles. The van der Waals surface area contributed by atoms with Crippen molar-refractivity contribution in [2.75, 3.05) is 24.6 Å². The summed E-state index contributed by atoms with van der Waals surface area (Å²) < 4.78 is 28.8. The Hall–Kier alpha value is -4.83. The van der Waals surface area contributed by atoms with E-state index in [1.807, 2.05) is 19.9 Å². The Morgan fingerprint density at radius 2 is 1.98 bits per heavy atom. The second kappa shape index (κ2) is 13.0. The third-order valence-corrected chi connectivity index (χ3v) is 8.36. The van der Waals surface area contributed by atoms with Gasteiger partial charge in [-0.1, -0.05) is 31.5 Å². The number of nitrogens with zero attached hydrogens (tertiary/aromatic N) is 8. The molecular weight excluding hydrogens is 639 g/mol. The second-order valence-electron chi connectivity index (χ2n) is 13.4. The molecule has 5 heterocycles. The molecule has 1 fully saturated rings. The van der Waals surface area contributed by atoms with Gasteiger partial charge >= 0.3 is 6.09 Å². The first-order valence-corrected chi connectivity index (χ1v) is 16.2. The van der Waals surface area contributed by atoms with E-state index in [2.05, 4.69) is 21.1 Å². The van der Waals surface area contributed by atoms with Crippen LogP contribution in [0, 0.1) is 17.2 Å². The van der Waals surface area contributed by atoms with Gasteiger partial charge in [-0.05, 0) is 57.2 Å². The molecule has 14 heteroatoms. The van der Waals surface area contributed by atoms with Crippen molar-refractivity contribution in [3.63, 3.8) is 0 Å². The second-order valence-corrected chi connectivity index (χ2v) is 13.8. The minimum atomic E-state index is -1.42. The fraction of sp³-hybridized carbons (Fsp3) is 0.441. The molecular formula is C34H36ClFN8O4. The summed E-state index contributed by atoms with van der Waals surface area (Å²) in [6.45, 7) is 9.49. The topological polar surface area (TPSA) is 139 Å². The minimum Gasteiger partial charge on any atom is -0.482 e. The lowest BCUT2D eigenvalue weighted by Crippen LogP contribution is -2.47. The highest BCUT2D eigenvalue weighted by atomic mass is 35.5. The Kier molecular flexibility index (Phi) is 8.96. The molecule has 6 rings (SSSR count). The first kappa shape index (κ1) is 33.1. The van der Waals surface area contributed by atoms with Crippen molar-refractivity contribution in [2.45, 2.75) is 71.8 Å². The largest absolute Gasteiger partial charge is 0.482 e. The number of amides is 2. The fourth-order valence-corrected chi connectivity index (χ4v) is 6.16. The Morgan fingerprint density at radius 1 is 1.23 bits per heavy atom. The van der Waals surface area contributed by atoms with Crippen LogP contribution in [-0.4, -0.2) is 73.1 Å². The van der Waals surface area contributed by atoms with E-state index in [4.69, 9.17) is 26.1 Å². The molecule has 2 aliphatic heterocycles. The highest BCUT2D eigenvalue weighted by Gasteiger charge is 2.37. The number of hydrogen-bond donors (Lipinski definition) is 0. The molecule has 2 amide bonds. The van der Waals surface area contributed by atoms with Gasteiger partial charge in [0.15, 0.2) is 12.3 Å². The minimum absolute atomic E-state index is 0.122. The lowest BCUT2D eigenvalue weighted by atomic mass is 9.93. The van der Waals surface area contributed by atoms with Crippen LogP contribution in [0.2, 0.25) is 5.02 Å². The zero-order valence-corrected chi connectivity index (χ0v) is 28.2. The van der Waals surface area contributed by atoms with E-state index in [1.54, 1.807) is 48.7 Å². The Balaban J connectivity index is 1.39. The summed E-state index contributed by atoms with van der Waals surface area (Å²) in [5.41, 5.74) is 2.53. The molecule has 2 atom stereocenters. The summed E-state index contributed by atoms with van der Waals surface area (Å²) in [6, 6.07) is 7.06. The molecule has 0 unspecified atom stereocenters. The van der Waals surface area contributed by atoms with Crippen LogP contribution in [-0.2, 0) is 22.5 Å². The molecule has 0 spiro atoms. The zero-order valence-electron chi connectivity index (χ0n) is 27.4. The molecule has 0 N–H and O–H groups in total. The number of alkyl halides is 1. The predicted octanol–water partition coefficient (Wildman–Crippen LogP) is 6.06. The summed E-state index contributed by atoms with van der Waals surface area (Å²) in [6.07, 6.45) is 3.40. The maximum Gasteiger partial charge on any atom is 0.410 e. The van der Waals surface area contributed by atoms with Gasteiger partial charge in [-0.3, -0.25) is 9.69 Å². The van der Waals surface area contributed by atoms with Crippen LogP contribution >= 0.6 is 11.6 Å². The molecule has 1 saturated heterocycles. The molecule has 0 aliphatic carbocycles. The van der Waals surface area contributed by atoms with Gasteiger partial charge < -0.3 is 14.4 Å². The molecule has 2 aliphatic rings. The number of hydrogen-bond acceptors (Lipinski definition) is 9. The van der Waals surface area contributed by atoms with E-state index < -0.39 is 23.9 Å². The van der Waals surface area contributed by atoms with E-state index >= 15 is 4.39 Å².